The van der Waals surface area contributed by atoms with Crippen molar-refractivity contribution in [2.75, 3.05) is 32.9 Å². The standard InChI is InChI=1S/C4H9NO.C3H4O2.C2H6O/c1-3-6-4-2-5-1;1-2-3(4)5;1-2-3/h5H,1-4H2;2H,1H2,(H,4,5);3H,2H2,1H3. The van der Waals surface area contributed by atoms with Crippen LogP contribution in [0.1, 0.15) is 6.92 Å². The molecule has 0 aromatic rings. The van der Waals surface area contributed by atoms with Gasteiger partial charge in [-0.05, 0) is 6.92 Å². The largest absolute Gasteiger partial charge is 0.478 e. The Morgan fingerprint density at radius 2 is 1.93 bits per heavy atom. The van der Waals surface area contributed by atoms with E-state index in [-0.39, 0.29) is 6.61 Å². The fraction of sp³-hybridized carbons (Fsp3) is 0.667. The van der Waals surface area contributed by atoms with Crippen LogP contribution >= 0.6 is 0 Å². The lowest BCUT2D eigenvalue weighted by Gasteiger charge is -2.10. The summed E-state index contributed by atoms with van der Waals surface area (Å²) in [6, 6.07) is 0. The molecule has 0 spiro atoms. The Labute approximate surface area is 84.4 Å². The topological polar surface area (TPSA) is 78.8 Å². The minimum Gasteiger partial charge on any atom is -0.478 e. The van der Waals surface area contributed by atoms with Gasteiger partial charge in [-0.1, -0.05) is 6.58 Å². The maximum atomic E-state index is 9.25. The normalized spacial score (nSPS) is 13.9. The van der Waals surface area contributed by atoms with Gasteiger partial charge in [0.2, 0.25) is 0 Å². The number of morpholine rings is 1. The smallest absolute Gasteiger partial charge is 0.327 e. The van der Waals surface area contributed by atoms with Crippen LogP contribution in [0, 0.1) is 0 Å². The number of aliphatic hydroxyl groups is 1. The number of hydrogen-bond donors (Lipinski definition) is 3. The van der Waals surface area contributed by atoms with E-state index in [0.29, 0.717) is 0 Å². The molecule has 0 aliphatic carbocycles. The van der Waals surface area contributed by atoms with Crippen molar-refractivity contribution in [2.24, 2.45) is 0 Å². The molecule has 1 aliphatic rings. The van der Waals surface area contributed by atoms with Gasteiger partial charge < -0.3 is 20.3 Å². The molecule has 1 rings (SSSR count). The monoisotopic (exact) mass is 205 g/mol. The van der Waals surface area contributed by atoms with Crippen molar-refractivity contribution < 1.29 is 19.7 Å². The minimum absolute atomic E-state index is 0.250. The summed E-state index contributed by atoms with van der Waals surface area (Å²) < 4.78 is 5.01. The molecule has 5 heteroatoms. The summed E-state index contributed by atoms with van der Waals surface area (Å²) in [6.45, 7) is 8.72. The van der Waals surface area contributed by atoms with Crippen LogP contribution in [0.15, 0.2) is 12.7 Å². The van der Waals surface area contributed by atoms with Crippen molar-refractivity contribution in [3.8, 4) is 0 Å². The number of nitrogens with one attached hydrogen (secondary N) is 1. The molecule has 1 aliphatic heterocycles. The number of rotatable bonds is 1. The average Bonchev–Trinajstić information content (AvgIpc) is 2.22. The molecule has 0 aromatic heterocycles. The van der Waals surface area contributed by atoms with Crippen LogP contribution in [0.25, 0.3) is 0 Å². The molecular formula is C9H19NO4. The molecule has 0 saturated carbocycles. The zero-order valence-corrected chi connectivity index (χ0v) is 8.53. The second-order valence-electron chi connectivity index (χ2n) is 2.22. The summed E-state index contributed by atoms with van der Waals surface area (Å²) in [7, 11) is 0. The fourth-order valence-electron chi connectivity index (χ4n) is 0.516. The Morgan fingerprint density at radius 3 is 2.00 bits per heavy atom. The molecule has 3 N–H and O–H groups in total. The summed E-state index contributed by atoms with van der Waals surface area (Å²) in [5.74, 6) is -0.981. The Morgan fingerprint density at radius 1 is 1.57 bits per heavy atom. The Hall–Kier alpha value is -0.910. The van der Waals surface area contributed by atoms with E-state index in [9.17, 15) is 4.79 Å². The molecule has 14 heavy (non-hydrogen) atoms. The number of carboxylic acid groups (broad SMARTS) is 1. The van der Waals surface area contributed by atoms with Gasteiger partial charge in [-0.3, -0.25) is 0 Å². The highest BCUT2D eigenvalue weighted by Gasteiger charge is 1.92. The number of carbonyl (C=O) groups is 1. The van der Waals surface area contributed by atoms with Crippen molar-refractivity contribution in [2.45, 2.75) is 6.92 Å². The quantitative estimate of drug-likeness (QED) is 0.519. The molecule has 1 fully saturated rings. The van der Waals surface area contributed by atoms with Crippen molar-refractivity contribution in [1.29, 1.82) is 0 Å². The van der Waals surface area contributed by atoms with Crippen molar-refractivity contribution in [1.82, 2.24) is 5.32 Å². The molecule has 0 unspecified atom stereocenters. The fourth-order valence-corrected chi connectivity index (χ4v) is 0.516. The predicted molar refractivity (Wildman–Crippen MR) is 54.3 cm³/mol. The predicted octanol–water partition coefficient (Wildman–Crippen LogP) is -0.138. The minimum atomic E-state index is -0.981. The van der Waals surface area contributed by atoms with Gasteiger partial charge in [0, 0.05) is 25.8 Å². The summed E-state index contributed by atoms with van der Waals surface area (Å²) in [5.41, 5.74) is 0. The van der Waals surface area contributed by atoms with Gasteiger partial charge in [0.05, 0.1) is 13.2 Å². The van der Waals surface area contributed by atoms with E-state index >= 15 is 0 Å². The molecule has 0 bridgehead atoms. The third-order valence-corrected chi connectivity index (χ3v) is 1.02. The highest BCUT2D eigenvalue weighted by atomic mass is 16.5. The van der Waals surface area contributed by atoms with E-state index in [4.69, 9.17) is 14.9 Å². The molecule has 0 radical (unpaired) electrons. The third-order valence-electron chi connectivity index (χ3n) is 1.02. The molecule has 1 saturated heterocycles. The molecule has 1 heterocycles. The van der Waals surface area contributed by atoms with Crippen molar-refractivity contribution in [3.05, 3.63) is 12.7 Å². The molecule has 84 valence electrons. The van der Waals surface area contributed by atoms with Crippen molar-refractivity contribution in [3.63, 3.8) is 0 Å². The van der Waals surface area contributed by atoms with E-state index in [0.717, 1.165) is 32.4 Å². The van der Waals surface area contributed by atoms with Gasteiger partial charge in [-0.15, -0.1) is 0 Å². The maximum Gasteiger partial charge on any atom is 0.327 e. The van der Waals surface area contributed by atoms with Gasteiger partial charge in [-0.25, -0.2) is 4.79 Å². The van der Waals surface area contributed by atoms with Gasteiger partial charge in [0.1, 0.15) is 0 Å². The lowest BCUT2D eigenvalue weighted by Crippen LogP contribution is -2.30. The van der Waals surface area contributed by atoms with Crippen LogP contribution in [-0.2, 0) is 9.53 Å². The second kappa shape index (κ2) is 14.6. The summed E-state index contributed by atoms with van der Waals surface area (Å²) in [5, 5.41) is 18.3. The van der Waals surface area contributed by atoms with Crippen LogP contribution in [0.2, 0.25) is 0 Å². The zero-order valence-electron chi connectivity index (χ0n) is 8.53. The van der Waals surface area contributed by atoms with Gasteiger partial charge in [0.15, 0.2) is 0 Å². The highest BCUT2D eigenvalue weighted by molar-refractivity contribution is 5.78. The number of carboxylic acids is 1. The van der Waals surface area contributed by atoms with Crippen LogP contribution in [-0.4, -0.2) is 49.1 Å². The lowest BCUT2D eigenvalue weighted by molar-refractivity contribution is -0.131. The van der Waals surface area contributed by atoms with E-state index in [1.807, 2.05) is 0 Å². The average molecular weight is 205 g/mol. The number of hydrogen-bond acceptors (Lipinski definition) is 4. The van der Waals surface area contributed by atoms with E-state index in [1.54, 1.807) is 6.92 Å². The highest BCUT2D eigenvalue weighted by Crippen LogP contribution is 1.76. The van der Waals surface area contributed by atoms with Crippen molar-refractivity contribution >= 4 is 5.97 Å². The Balaban J connectivity index is 0. The summed E-state index contributed by atoms with van der Waals surface area (Å²) in [6.07, 6.45) is 0.833. The van der Waals surface area contributed by atoms with Crippen LogP contribution in [0.4, 0.5) is 0 Å². The van der Waals surface area contributed by atoms with Crippen LogP contribution in [0.3, 0.4) is 0 Å². The summed E-state index contributed by atoms with van der Waals surface area (Å²) in [4.78, 5) is 9.25. The molecule has 5 nitrogen and oxygen atoms in total. The van der Waals surface area contributed by atoms with Gasteiger partial charge in [-0.2, -0.15) is 0 Å². The Kier molecular flexibility index (Phi) is 16.2. The first-order valence-corrected chi connectivity index (χ1v) is 4.43. The van der Waals surface area contributed by atoms with E-state index in [1.165, 1.54) is 0 Å². The summed E-state index contributed by atoms with van der Waals surface area (Å²) >= 11 is 0. The first-order valence-electron chi connectivity index (χ1n) is 4.43. The first-order chi connectivity index (χ1) is 6.68. The second-order valence-corrected chi connectivity index (χ2v) is 2.22. The third kappa shape index (κ3) is 22.5. The lowest BCUT2D eigenvalue weighted by atomic mass is 10.5. The number of aliphatic carboxylic acids is 1. The van der Waals surface area contributed by atoms with Gasteiger partial charge >= 0.3 is 5.97 Å². The number of aliphatic hydroxyl groups excluding tert-OH is 1. The van der Waals surface area contributed by atoms with E-state index in [2.05, 4.69) is 11.9 Å². The molecule has 0 atom stereocenters. The molecular weight excluding hydrogens is 186 g/mol. The maximum absolute atomic E-state index is 9.25. The Bertz CT molecular complexity index is 123. The zero-order chi connectivity index (χ0) is 11.2. The SMILES string of the molecule is C1COCCN1.C=CC(=O)O.CCO. The molecule has 0 amide bonds. The first kappa shape index (κ1) is 15.6. The molecule has 0 aromatic carbocycles. The van der Waals surface area contributed by atoms with Crippen LogP contribution < -0.4 is 5.32 Å². The van der Waals surface area contributed by atoms with Gasteiger partial charge in [0.25, 0.3) is 0 Å². The van der Waals surface area contributed by atoms with E-state index < -0.39 is 5.97 Å². The number of ether oxygens (including phenoxy) is 1. The van der Waals surface area contributed by atoms with Crippen LogP contribution in [0.5, 0.6) is 0 Å².